The molecule has 0 saturated carbocycles. The first-order valence-corrected chi connectivity index (χ1v) is 8.17. The summed E-state index contributed by atoms with van der Waals surface area (Å²) in [5, 5.41) is 10.8. The maximum atomic E-state index is 11.7. The van der Waals surface area contributed by atoms with E-state index in [1.807, 2.05) is 0 Å². The Morgan fingerprint density at radius 3 is 2.50 bits per heavy atom. The van der Waals surface area contributed by atoms with Crippen LogP contribution in [0.3, 0.4) is 0 Å². The van der Waals surface area contributed by atoms with Gasteiger partial charge in [0, 0.05) is 26.4 Å². The van der Waals surface area contributed by atoms with Crippen molar-refractivity contribution in [1.82, 2.24) is 0 Å². The molecule has 10 heteroatoms. The summed E-state index contributed by atoms with van der Waals surface area (Å²) in [4.78, 5) is 22.0. The number of non-ortho nitro benzene ring substituents is 1. The smallest absolute Gasteiger partial charge is 0.458 e. The first kappa shape index (κ1) is 19.8. The Bertz CT molecular complexity index is 692. The molecule has 1 aromatic carbocycles. The number of hydrogen-bond acceptors (Lipinski definition) is 8. The fraction of sp³-hybridized carbons (Fsp3) is 0.357. The number of allylic oxidation sites excluding steroid dienone is 1. The zero-order chi connectivity index (χ0) is 18.3. The van der Waals surface area contributed by atoms with E-state index in [2.05, 4.69) is 9.05 Å². The number of nitrogens with zero attached hydrogens (tertiary/aromatic N) is 1. The van der Waals surface area contributed by atoms with Crippen molar-refractivity contribution in [2.45, 2.75) is 20.5 Å². The van der Waals surface area contributed by atoms with E-state index in [1.54, 1.807) is 13.0 Å². The van der Waals surface area contributed by atoms with Gasteiger partial charge in [-0.1, -0.05) is 6.07 Å². The third kappa shape index (κ3) is 5.77. The number of carbonyl (C=O) groups is 1. The van der Waals surface area contributed by atoms with Crippen molar-refractivity contribution in [3.8, 4) is 0 Å². The number of rotatable bonds is 8. The molecule has 0 aliphatic carbocycles. The van der Waals surface area contributed by atoms with Crippen LogP contribution in [0, 0.1) is 17.0 Å². The Morgan fingerprint density at radius 1 is 1.33 bits per heavy atom. The lowest BCUT2D eigenvalue weighted by Gasteiger charge is -2.14. The van der Waals surface area contributed by atoms with Crippen LogP contribution in [-0.2, 0) is 34.3 Å². The van der Waals surface area contributed by atoms with Gasteiger partial charge in [-0.3, -0.25) is 19.2 Å². The zero-order valence-corrected chi connectivity index (χ0v) is 14.6. The number of nitro groups is 1. The van der Waals surface area contributed by atoms with Gasteiger partial charge in [0.15, 0.2) is 0 Å². The molecular formula is C14H18NO8P. The minimum atomic E-state index is -3.75. The maximum Gasteiger partial charge on any atom is 0.529 e. The van der Waals surface area contributed by atoms with E-state index in [9.17, 15) is 19.5 Å². The van der Waals surface area contributed by atoms with Crippen LogP contribution in [0.4, 0.5) is 5.69 Å². The number of ether oxygens (including phenoxy) is 1. The summed E-state index contributed by atoms with van der Waals surface area (Å²) in [7, 11) is -1.47. The molecule has 0 spiro atoms. The number of benzene rings is 1. The summed E-state index contributed by atoms with van der Waals surface area (Å²) in [6.07, 6.45) is 0.970. The lowest BCUT2D eigenvalue weighted by Crippen LogP contribution is -2.04. The second-order valence-corrected chi connectivity index (χ2v) is 6.44. The normalized spacial score (nSPS) is 11.9. The second-order valence-electron chi connectivity index (χ2n) is 4.63. The summed E-state index contributed by atoms with van der Waals surface area (Å²) >= 11 is 0. The predicted molar refractivity (Wildman–Crippen MR) is 84.1 cm³/mol. The fourth-order valence-corrected chi connectivity index (χ4v) is 2.34. The summed E-state index contributed by atoms with van der Waals surface area (Å²) in [6, 6.07) is 4.27. The van der Waals surface area contributed by atoms with Crippen LogP contribution in [0.25, 0.3) is 0 Å². The van der Waals surface area contributed by atoms with Gasteiger partial charge in [-0.05, 0) is 25.0 Å². The number of aryl methyl sites for hydroxylation is 1. The molecular weight excluding hydrogens is 341 g/mol. The molecule has 0 unspecified atom stereocenters. The van der Waals surface area contributed by atoms with Crippen molar-refractivity contribution in [3.05, 3.63) is 51.3 Å². The quantitative estimate of drug-likeness (QED) is 0.173. The first-order chi connectivity index (χ1) is 11.2. The Labute approximate surface area is 138 Å². The van der Waals surface area contributed by atoms with Gasteiger partial charge in [0.05, 0.1) is 11.0 Å². The molecule has 1 aromatic rings. The highest BCUT2D eigenvalue weighted by Gasteiger charge is 2.24. The van der Waals surface area contributed by atoms with Gasteiger partial charge < -0.3 is 9.26 Å². The van der Waals surface area contributed by atoms with Crippen LogP contribution in [0.5, 0.6) is 0 Å². The van der Waals surface area contributed by atoms with E-state index in [1.165, 1.54) is 19.1 Å². The molecule has 0 atom stereocenters. The van der Waals surface area contributed by atoms with Gasteiger partial charge in [-0.15, -0.1) is 0 Å². The van der Waals surface area contributed by atoms with Crippen molar-refractivity contribution in [2.75, 3.05) is 14.2 Å². The molecule has 0 aromatic heterocycles. The van der Waals surface area contributed by atoms with Crippen LogP contribution in [0.15, 0.2) is 30.0 Å². The van der Waals surface area contributed by atoms with Crippen molar-refractivity contribution < 1.29 is 32.6 Å². The number of hydrogen-bond donors (Lipinski definition) is 0. The molecule has 1 rings (SSSR count). The lowest BCUT2D eigenvalue weighted by atomic mass is 10.1. The number of nitro benzene ring substituents is 1. The minimum Gasteiger partial charge on any atom is -0.458 e. The molecule has 0 bridgehead atoms. The van der Waals surface area contributed by atoms with E-state index in [0.29, 0.717) is 5.56 Å². The molecule has 0 amide bonds. The molecule has 0 aliphatic heterocycles. The summed E-state index contributed by atoms with van der Waals surface area (Å²) < 4.78 is 30.8. The highest BCUT2D eigenvalue weighted by atomic mass is 31.2. The van der Waals surface area contributed by atoms with Crippen LogP contribution >= 0.6 is 7.82 Å². The standard InChI is InChI=1S/C14H18NO8P/c1-10-5-6-13(15(17)18)8-12(10)9-22-14(16)7-11(2)23-24(19,20-3)21-4/h5-8H,9H2,1-4H3. The van der Waals surface area contributed by atoms with E-state index >= 15 is 0 Å². The third-order valence-electron chi connectivity index (χ3n) is 2.94. The number of carbonyl (C=O) groups excluding carboxylic acids is 1. The minimum absolute atomic E-state index is 0.0252. The molecule has 0 fully saturated rings. The molecule has 132 valence electrons. The van der Waals surface area contributed by atoms with Crippen LogP contribution < -0.4 is 0 Å². The van der Waals surface area contributed by atoms with Gasteiger partial charge in [0.2, 0.25) is 0 Å². The van der Waals surface area contributed by atoms with Crippen LogP contribution in [0.1, 0.15) is 18.1 Å². The number of phosphoric acid groups is 1. The van der Waals surface area contributed by atoms with Gasteiger partial charge in [0.1, 0.15) is 12.4 Å². The highest BCUT2D eigenvalue weighted by Crippen LogP contribution is 2.49. The number of esters is 1. The van der Waals surface area contributed by atoms with Crippen LogP contribution in [0.2, 0.25) is 0 Å². The average molecular weight is 359 g/mol. The Morgan fingerprint density at radius 2 is 1.96 bits per heavy atom. The summed E-state index contributed by atoms with van der Waals surface area (Å²) in [6.45, 7) is 2.97. The van der Waals surface area contributed by atoms with Crippen LogP contribution in [-0.4, -0.2) is 25.1 Å². The maximum absolute atomic E-state index is 11.7. The first-order valence-electron chi connectivity index (χ1n) is 6.71. The fourth-order valence-electron chi connectivity index (χ4n) is 1.64. The Kier molecular flexibility index (Phi) is 7.09. The van der Waals surface area contributed by atoms with E-state index in [-0.39, 0.29) is 18.1 Å². The largest absolute Gasteiger partial charge is 0.529 e. The summed E-state index contributed by atoms with van der Waals surface area (Å²) in [5.41, 5.74) is 1.15. The predicted octanol–water partition coefficient (Wildman–Crippen LogP) is 3.27. The van der Waals surface area contributed by atoms with Crippen molar-refractivity contribution >= 4 is 19.5 Å². The molecule has 24 heavy (non-hydrogen) atoms. The molecule has 9 nitrogen and oxygen atoms in total. The monoisotopic (exact) mass is 359 g/mol. The van der Waals surface area contributed by atoms with Gasteiger partial charge in [0.25, 0.3) is 5.69 Å². The average Bonchev–Trinajstić information content (AvgIpc) is 2.53. The van der Waals surface area contributed by atoms with Crippen molar-refractivity contribution in [1.29, 1.82) is 0 Å². The van der Waals surface area contributed by atoms with E-state index < -0.39 is 18.7 Å². The third-order valence-corrected chi connectivity index (χ3v) is 4.34. The van der Waals surface area contributed by atoms with Crippen molar-refractivity contribution in [3.63, 3.8) is 0 Å². The van der Waals surface area contributed by atoms with Gasteiger partial charge in [-0.25, -0.2) is 9.36 Å². The Balaban J connectivity index is 2.73. The molecule has 0 aliphatic rings. The topological polar surface area (TPSA) is 114 Å². The highest BCUT2D eigenvalue weighted by molar-refractivity contribution is 7.48. The molecule has 0 radical (unpaired) electrons. The molecule has 0 saturated heterocycles. The van der Waals surface area contributed by atoms with Gasteiger partial charge in [-0.2, -0.15) is 0 Å². The van der Waals surface area contributed by atoms with Crippen molar-refractivity contribution in [2.24, 2.45) is 0 Å². The second kappa shape index (κ2) is 8.58. The lowest BCUT2D eigenvalue weighted by molar-refractivity contribution is -0.385. The zero-order valence-electron chi connectivity index (χ0n) is 13.7. The Hall–Kier alpha value is -2.22. The van der Waals surface area contributed by atoms with E-state index in [0.717, 1.165) is 25.9 Å². The van der Waals surface area contributed by atoms with Gasteiger partial charge >= 0.3 is 13.8 Å². The molecule has 0 N–H and O–H groups in total. The SMILES string of the molecule is COP(=O)(OC)OC(C)=CC(=O)OCc1cc([N+](=O)[O-])ccc1C. The summed E-state index contributed by atoms with van der Waals surface area (Å²) in [5.74, 6) is -0.792. The van der Waals surface area contributed by atoms with E-state index in [4.69, 9.17) is 9.26 Å². The molecule has 0 heterocycles. The number of phosphoric ester groups is 1.